The van der Waals surface area contributed by atoms with Gasteiger partial charge in [-0.25, -0.2) is 0 Å². The van der Waals surface area contributed by atoms with Crippen molar-refractivity contribution >= 4 is 15.9 Å². The van der Waals surface area contributed by atoms with Gasteiger partial charge in [-0.1, -0.05) is 0 Å². The summed E-state index contributed by atoms with van der Waals surface area (Å²) in [7, 11) is -5.59. The molecule has 1 rings (SSSR count). The highest BCUT2D eigenvalue weighted by molar-refractivity contribution is 7.87. The molecule has 0 aromatic carbocycles. The number of ketones is 1. The van der Waals surface area contributed by atoms with Gasteiger partial charge in [0.1, 0.15) is 0 Å². The molecule has 1 unspecified atom stereocenters. The van der Waals surface area contributed by atoms with E-state index in [1.807, 2.05) is 0 Å². The lowest BCUT2D eigenvalue weighted by Crippen LogP contribution is -2.47. The lowest BCUT2D eigenvalue weighted by molar-refractivity contribution is -0.168. The number of alkyl halides is 3. The van der Waals surface area contributed by atoms with Crippen molar-refractivity contribution in [1.82, 2.24) is 0 Å². The van der Waals surface area contributed by atoms with Crippen LogP contribution in [0.1, 0.15) is 0 Å². The third-order valence-corrected chi connectivity index (χ3v) is 2.80. The first-order chi connectivity index (χ1) is 7.14. The molecule has 1 saturated heterocycles. The minimum absolute atomic E-state index is 0.119. The summed E-state index contributed by atoms with van der Waals surface area (Å²) >= 11 is 0. The van der Waals surface area contributed by atoms with E-state index in [-0.39, 0.29) is 13.2 Å². The first-order valence-electron chi connectivity index (χ1n) is 3.94. The van der Waals surface area contributed by atoms with Crippen molar-refractivity contribution in [2.24, 2.45) is 0 Å². The van der Waals surface area contributed by atoms with Gasteiger partial charge in [-0.15, -0.1) is 0 Å². The highest BCUT2D eigenvalue weighted by Gasteiger charge is 2.56. The second-order valence-corrected chi connectivity index (χ2v) is 4.41. The van der Waals surface area contributed by atoms with E-state index in [2.05, 4.69) is 9.47 Å². The van der Waals surface area contributed by atoms with Crippen LogP contribution in [0.2, 0.25) is 0 Å². The van der Waals surface area contributed by atoms with Crippen LogP contribution in [0.3, 0.4) is 0 Å². The van der Waals surface area contributed by atoms with Crippen molar-refractivity contribution in [3.63, 3.8) is 0 Å². The summed E-state index contributed by atoms with van der Waals surface area (Å²) in [5.41, 5.74) is 0. The average Bonchev–Trinajstić information content (AvgIpc) is 2.48. The Labute approximate surface area is 88.1 Å². The van der Waals surface area contributed by atoms with E-state index >= 15 is 0 Å². The number of hydrogen-bond acceptors (Lipinski definition) is 5. The predicted molar refractivity (Wildman–Crippen MR) is 42.1 cm³/mol. The maximum absolute atomic E-state index is 12.2. The normalized spacial score (nSPS) is 21.0. The molecule has 1 fully saturated rings. The van der Waals surface area contributed by atoms with Crippen molar-refractivity contribution in [2.45, 2.75) is 17.7 Å². The lowest BCUT2D eigenvalue weighted by Gasteiger charge is -2.18. The van der Waals surface area contributed by atoms with Crippen LogP contribution in [0.5, 0.6) is 0 Å². The van der Waals surface area contributed by atoms with Gasteiger partial charge in [0.15, 0.2) is 0 Å². The molecule has 0 spiro atoms. The molecule has 1 atom stereocenters. The van der Waals surface area contributed by atoms with Crippen LogP contribution in [0.4, 0.5) is 13.2 Å². The Bertz CT molecular complexity index is 368. The third kappa shape index (κ3) is 2.90. The average molecular weight is 264 g/mol. The molecule has 0 aromatic rings. The van der Waals surface area contributed by atoms with Crippen molar-refractivity contribution in [2.75, 3.05) is 13.2 Å². The van der Waals surface area contributed by atoms with Crippen molar-refractivity contribution in [3.05, 3.63) is 0 Å². The topological polar surface area (TPSA) is 89.9 Å². The highest BCUT2D eigenvalue weighted by Crippen LogP contribution is 2.28. The van der Waals surface area contributed by atoms with Gasteiger partial charge in [-0.2, -0.15) is 21.6 Å². The number of carbonyl (C=O) groups excluding carboxylic acids is 1. The van der Waals surface area contributed by atoms with Crippen LogP contribution in [-0.2, 0) is 24.4 Å². The zero-order valence-corrected chi connectivity index (χ0v) is 8.42. The van der Waals surface area contributed by atoms with E-state index in [1.165, 1.54) is 0 Å². The Morgan fingerprint density at radius 1 is 1.31 bits per heavy atom. The molecule has 1 aliphatic heterocycles. The maximum Gasteiger partial charge on any atom is 0.415 e. The number of ether oxygens (including phenoxy) is 2. The molecule has 94 valence electrons. The molecule has 16 heavy (non-hydrogen) atoms. The molecule has 0 saturated carbocycles. The van der Waals surface area contributed by atoms with Crippen LogP contribution in [0, 0.1) is 0 Å². The molecule has 10 heteroatoms. The number of rotatable bonds is 3. The van der Waals surface area contributed by atoms with Crippen LogP contribution < -0.4 is 0 Å². The number of Topliss-reactive ketones (excluding diaryl/α,β-unsaturated/α-hetero) is 1. The number of hydrogen-bond donors (Lipinski definition) is 1. The van der Waals surface area contributed by atoms with Crippen molar-refractivity contribution in [3.8, 4) is 0 Å². The van der Waals surface area contributed by atoms with Gasteiger partial charge in [0, 0.05) is 0 Å². The fourth-order valence-corrected chi connectivity index (χ4v) is 1.87. The fourth-order valence-electron chi connectivity index (χ4n) is 1.12. The highest BCUT2D eigenvalue weighted by atomic mass is 32.2. The van der Waals surface area contributed by atoms with E-state index in [0.717, 1.165) is 0 Å². The van der Waals surface area contributed by atoms with Gasteiger partial charge in [0.25, 0.3) is 10.1 Å². The van der Waals surface area contributed by atoms with E-state index in [0.29, 0.717) is 0 Å². The Balaban J connectivity index is 2.98. The van der Waals surface area contributed by atoms with Crippen LogP contribution >= 0.6 is 0 Å². The van der Waals surface area contributed by atoms with Gasteiger partial charge in [0.2, 0.25) is 17.3 Å². The summed E-state index contributed by atoms with van der Waals surface area (Å²) in [6.07, 6.45) is -7.33. The number of halogens is 3. The standard InChI is InChI=1S/C6H7F3O6S/c7-6(8,9)4(16(11,12)13)3(10)5-14-1-2-15-5/h4-5H,1-2H2,(H,11,12,13). The summed E-state index contributed by atoms with van der Waals surface area (Å²) in [5.74, 6) is -1.88. The van der Waals surface area contributed by atoms with E-state index < -0.39 is 33.6 Å². The monoisotopic (exact) mass is 264 g/mol. The third-order valence-electron chi connectivity index (χ3n) is 1.71. The molecular formula is C6H7F3O6S. The zero-order chi connectivity index (χ0) is 12.6. The molecule has 0 aromatic heterocycles. The first-order valence-corrected chi connectivity index (χ1v) is 5.44. The van der Waals surface area contributed by atoms with Gasteiger partial charge >= 0.3 is 6.18 Å². The Hall–Kier alpha value is -0.710. The smallest absolute Gasteiger partial charge is 0.344 e. The molecule has 0 bridgehead atoms. The van der Waals surface area contributed by atoms with E-state index in [9.17, 15) is 26.4 Å². The first kappa shape index (κ1) is 13.4. The fraction of sp³-hybridized carbons (Fsp3) is 0.833. The molecule has 0 radical (unpaired) electrons. The molecule has 0 amide bonds. The SMILES string of the molecule is O=C(C1OCCO1)C(C(F)(F)F)S(=O)(=O)O. The summed E-state index contributed by atoms with van der Waals surface area (Å²) in [5, 5.41) is -3.54. The van der Waals surface area contributed by atoms with Crippen LogP contribution in [0.25, 0.3) is 0 Å². The van der Waals surface area contributed by atoms with Crippen LogP contribution in [-0.4, -0.2) is 49.7 Å². The van der Waals surface area contributed by atoms with Gasteiger partial charge in [-0.3, -0.25) is 9.35 Å². The molecule has 1 aliphatic rings. The Morgan fingerprint density at radius 2 is 1.75 bits per heavy atom. The van der Waals surface area contributed by atoms with E-state index in [4.69, 9.17) is 4.55 Å². The lowest BCUT2D eigenvalue weighted by atomic mass is 10.2. The summed E-state index contributed by atoms with van der Waals surface area (Å²) < 4.78 is 74.9. The second kappa shape index (κ2) is 4.28. The van der Waals surface area contributed by atoms with Crippen molar-refractivity contribution in [1.29, 1.82) is 0 Å². The molecule has 0 aliphatic carbocycles. The number of carbonyl (C=O) groups is 1. The van der Waals surface area contributed by atoms with Crippen LogP contribution in [0.15, 0.2) is 0 Å². The molecule has 1 N–H and O–H groups in total. The summed E-state index contributed by atoms with van der Waals surface area (Å²) in [4.78, 5) is 11.1. The molecular weight excluding hydrogens is 257 g/mol. The Morgan fingerprint density at radius 3 is 2.06 bits per heavy atom. The van der Waals surface area contributed by atoms with Gasteiger partial charge in [-0.05, 0) is 0 Å². The largest absolute Gasteiger partial charge is 0.415 e. The quantitative estimate of drug-likeness (QED) is 0.707. The molecule has 1 heterocycles. The summed E-state index contributed by atoms with van der Waals surface area (Å²) in [6, 6.07) is 0. The van der Waals surface area contributed by atoms with Crippen molar-refractivity contribution < 1.29 is 40.4 Å². The summed E-state index contributed by atoms with van der Waals surface area (Å²) in [6.45, 7) is -0.237. The minimum atomic E-state index is -5.59. The van der Waals surface area contributed by atoms with Gasteiger partial charge < -0.3 is 9.47 Å². The molecule has 6 nitrogen and oxygen atoms in total. The predicted octanol–water partition coefficient (Wildman–Crippen LogP) is -0.253. The second-order valence-electron chi connectivity index (χ2n) is 2.91. The maximum atomic E-state index is 12.2. The minimum Gasteiger partial charge on any atom is -0.344 e. The Kier molecular flexibility index (Phi) is 3.57. The zero-order valence-electron chi connectivity index (χ0n) is 7.60. The van der Waals surface area contributed by atoms with Gasteiger partial charge in [0.05, 0.1) is 13.2 Å². The van der Waals surface area contributed by atoms with E-state index in [1.54, 1.807) is 0 Å².